The van der Waals surface area contributed by atoms with Crippen molar-refractivity contribution in [3.63, 3.8) is 0 Å². The number of nitrogens with one attached hydrogen (secondary N) is 2. The number of likely N-dealkylation sites (tertiary alicyclic amines) is 1. The van der Waals surface area contributed by atoms with Gasteiger partial charge in [-0.25, -0.2) is 4.79 Å². The average molecular weight is 331 g/mol. The third-order valence-corrected chi connectivity index (χ3v) is 4.48. The van der Waals surface area contributed by atoms with Gasteiger partial charge in [0.05, 0.1) is 0 Å². The Morgan fingerprint density at radius 1 is 1.33 bits per heavy atom. The molecule has 0 saturated carbocycles. The summed E-state index contributed by atoms with van der Waals surface area (Å²) in [6, 6.07) is 7.91. The highest BCUT2D eigenvalue weighted by atomic mass is 16.2. The molecule has 2 rings (SSSR count). The minimum atomic E-state index is -0.0526. The van der Waals surface area contributed by atoms with E-state index in [2.05, 4.69) is 23.6 Å². The van der Waals surface area contributed by atoms with Crippen LogP contribution in [0.4, 0.5) is 10.5 Å². The summed E-state index contributed by atoms with van der Waals surface area (Å²) in [4.78, 5) is 26.0. The largest absolute Gasteiger partial charge is 0.356 e. The first-order valence-electron chi connectivity index (χ1n) is 8.92. The van der Waals surface area contributed by atoms with Crippen LogP contribution in [-0.2, 0) is 11.2 Å². The summed E-state index contributed by atoms with van der Waals surface area (Å²) in [7, 11) is 0. The lowest BCUT2D eigenvalue weighted by Crippen LogP contribution is -2.45. The molecule has 1 fully saturated rings. The number of anilines is 1. The molecular weight excluding hydrogens is 302 g/mol. The Bertz CT molecular complexity index is 571. The number of aryl methyl sites for hydroxylation is 1. The first-order valence-corrected chi connectivity index (χ1v) is 8.92. The summed E-state index contributed by atoms with van der Waals surface area (Å²) in [5.41, 5.74) is 2.05. The zero-order valence-corrected chi connectivity index (χ0v) is 15.0. The summed E-state index contributed by atoms with van der Waals surface area (Å²) < 4.78 is 0. The molecule has 5 heteroatoms. The number of carbonyl (C=O) groups excluding carboxylic acids is 2. The summed E-state index contributed by atoms with van der Waals surface area (Å²) in [5, 5.41) is 5.97. The highest BCUT2D eigenvalue weighted by Gasteiger charge is 2.24. The van der Waals surface area contributed by atoms with Crippen LogP contribution in [0.1, 0.15) is 39.2 Å². The lowest BCUT2D eigenvalue weighted by Gasteiger charge is -2.33. The van der Waals surface area contributed by atoms with Gasteiger partial charge in [-0.2, -0.15) is 0 Å². The van der Waals surface area contributed by atoms with E-state index in [0.29, 0.717) is 19.0 Å². The van der Waals surface area contributed by atoms with E-state index in [1.165, 1.54) is 5.56 Å². The Hall–Kier alpha value is -2.04. The van der Waals surface area contributed by atoms with Crippen molar-refractivity contribution in [1.29, 1.82) is 0 Å². The van der Waals surface area contributed by atoms with Gasteiger partial charge in [0, 0.05) is 31.2 Å². The minimum absolute atomic E-state index is 0.00108. The van der Waals surface area contributed by atoms with Crippen molar-refractivity contribution in [3.05, 3.63) is 29.8 Å². The van der Waals surface area contributed by atoms with E-state index in [4.69, 9.17) is 0 Å². The van der Waals surface area contributed by atoms with Crippen LogP contribution >= 0.6 is 0 Å². The van der Waals surface area contributed by atoms with Gasteiger partial charge in [-0.1, -0.05) is 32.9 Å². The van der Waals surface area contributed by atoms with E-state index < -0.39 is 0 Å². The second-order valence-electron chi connectivity index (χ2n) is 6.84. The lowest BCUT2D eigenvalue weighted by molar-refractivity contribution is -0.124. The Kier molecular flexibility index (Phi) is 6.64. The Morgan fingerprint density at radius 2 is 2.12 bits per heavy atom. The number of rotatable bonds is 5. The van der Waals surface area contributed by atoms with Gasteiger partial charge < -0.3 is 15.5 Å². The maximum absolute atomic E-state index is 12.5. The van der Waals surface area contributed by atoms with Crippen molar-refractivity contribution in [2.75, 3.05) is 25.0 Å². The zero-order valence-electron chi connectivity index (χ0n) is 15.0. The van der Waals surface area contributed by atoms with E-state index >= 15 is 0 Å². The van der Waals surface area contributed by atoms with E-state index in [0.717, 1.165) is 31.5 Å². The number of benzene rings is 1. The molecule has 132 valence electrons. The van der Waals surface area contributed by atoms with Gasteiger partial charge in [-0.3, -0.25) is 4.79 Å². The second-order valence-corrected chi connectivity index (χ2v) is 6.84. The van der Waals surface area contributed by atoms with Gasteiger partial charge in [-0.05, 0) is 42.9 Å². The fourth-order valence-corrected chi connectivity index (χ4v) is 2.94. The second kappa shape index (κ2) is 8.71. The highest BCUT2D eigenvalue weighted by Crippen LogP contribution is 2.18. The molecule has 24 heavy (non-hydrogen) atoms. The molecular formula is C19H29N3O2. The molecule has 3 amide bonds. The van der Waals surface area contributed by atoms with E-state index in [1.54, 1.807) is 0 Å². The molecule has 1 heterocycles. The quantitative estimate of drug-likeness (QED) is 0.870. The summed E-state index contributed by atoms with van der Waals surface area (Å²) in [5.74, 6) is 0.404. The van der Waals surface area contributed by atoms with Crippen molar-refractivity contribution in [1.82, 2.24) is 10.2 Å². The molecule has 5 nitrogen and oxygen atoms in total. The number of hydrogen-bond acceptors (Lipinski definition) is 2. The Balaban J connectivity index is 1.86. The summed E-state index contributed by atoms with van der Waals surface area (Å²) in [6.07, 6.45) is 2.98. The molecule has 1 atom stereocenters. The topological polar surface area (TPSA) is 61.4 Å². The van der Waals surface area contributed by atoms with E-state index in [-0.39, 0.29) is 17.9 Å². The number of amides is 3. The molecule has 0 radical (unpaired) electrons. The molecule has 2 N–H and O–H groups in total. The smallest absolute Gasteiger partial charge is 0.321 e. The van der Waals surface area contributed by atoms with Crippen LogP contribution in [-0.4, -0.2) is 36.5 Å². The van der Waals surface area contributed by atoms with Crippen LogP contribution in [0.5, 0.6) is 0 Å². The van der Waals surface area contributed by atoms with Crippen molar-refractivity contribution in [2.24, 2.45) is 11.8 Å². The number of urea groups is 1. The minimum Gasteiger partial charge on any atom is -0.356 e. The number of hydrogen-bond donors (Lipinski definition) is 2. The van der Waals surface area contributed by atoms with Gasteiger partial charge in [-0.15, -0.1) is 0 Å². The monoisotopic (exact) mass is 331 g/mol. The van der Waals surface area contributed by atoms with Crippen molar-refractivity contribution < 1.29 is 9.59 Å². The van der Waals surface area contributed by atoms with Crippen LogP contribution in [0, 0.1) is 11.8 Å². The first-order chi connectivity index (χ1) is 11.5. The molecule has 1 aromatic rings. The molecule has 0 aliphatic carbocycles. The fraction of sp³-hybridized carbons (Fsp3) is 0.579. The molecule has 0 aromatic heterocycles. The summed E-state index contributed by atoms with van der Waals surface area (Å²) >= 11 is 0. The average Bonchev–Trinajstić information content (AvgIpc) is 2.59. The van der Waals surface area contributed by atoms with Gasteiger partial charge in [0.2, 0.25) is 5.91 Å². The normalized spacial score (nSPS) is 17.7. The Morgan fingerprint density at radius 3 is 2.83 bits per heavy atom. The molecule has 1 aliphatic rings. The zero-order chi connectivity index (χ0) is 17.5. The Labute approximate surface area is 144 Å². The molecule has 1 aliphatic heterocycles. The van der Waals surface area contributed by atoms with Crippen molar-refractivity contribution in [3.8, 4) is 0 Å². The van der Waals surface area contributed by atoms with Gasteiger partial charge in [0.1, 0.15) is 0 Å². The predicted molar refractivity (Wildman–Crippen MR) is 97.0 cm³/mol. The SMILES string of the molecule is CCc1cccc(NC(=O)N2CCC[C@@H](CNC(=O)C(C)C)C2)c1. The van der Waals surface area contributed by atoms with Crippen LogP contribution < -0.4 is 10.6 Å². The molecule has 0 bridgehead atoms. The lowest BCUT2D eigenvalue weighted by atomic mass is 9.98. The van der Waals surface area contributed by atoms with Gasteiger partial charge in [0.25, 0.3) is 0 Å². The maximum Gasteiger partial charge on any atom is 0.321 e. The number of nitrogens with zero attached hydrogens (tertiary/aromatic N) is 1. The van der Waals surface area contributed by atoms with Crippen LogP contribution in [0.15, 0.2) is 24.3 Å². The van der Waals surface area contributed by atoms with Crippen LogP contribution in [0.25, 0.3) is 0 Å². The number of piperidine rings is 1. The molecule has 1 saturated heterocycles. The third-order valence-electron chi connectivity index (χ3n) is 4.48. The third kappa shape index (κ3) is 5.25. The molecule has 0 spiro atoms. The highest BCUT2D eigenvalue weighted by molar-refractivity contribution is 5.89. The van der Waals surface area contributed by atoms with Crippen LogP contribution in [0.3, 0.4) is 0 Å². The number of carbonyl (C=O) groups is 2. The van der Waals surface area contributed by atoms with Gasteiger partial charge in [0.15, 0.2) is 0 Å². The van der Waals surface area contributed by atoms with Crippen molar-refractivity contribution in [2.45, 2.75) is 40.0 Å². The maximum atomic E-state index is 12.5. The molecule has 0 unspecified atom stereocenters. The molecule has 1 aromatic carbocycles. The predicted octanol–water partition coefficient (Wildman–Crippen LogP) is 3.27. The van der Waals surface area contributed by atoms with Crippen LogP contribution in [0.2, 0.25) is 0 Å². The van der Waals surface area contributed by atoms with E-state index in [9.17, 15) is 9.59 Å². The van der Waals surface area contributed by atoms with Crippen molar-refractivity contribution >= 4 is 17.6 Å². The first kappa shape index (κ1) is 18.3. The standard InChI is InChI=1S/C19H29N3O2/c1-4-15-7-5-9-17(11-15)21-19(24)22-10-6-8-16(13-22)12-20-18(23)14(2)3/h5,7,9,11,14,16H,4,6,8,10,12-13H2,1-3H3,(H,20,23)(H,21,24)/t16-/m0/s1. The fourth-order valence-electron chi connectivity index (χ4n) is 2.94. The van der Waals surface area contributed by atoms with Gasteiger partial charge >= 0.3 is 6.03 Å². The van der Waals surface area contributed by atoms with E-state index in [1.807, 2.05) is 36.9 Å². The summed E-state index contributed by atoms with van der Waals surface area (Å²) in [6.45, 7) is 7.99.